The van der Waals surface area contributed by atoms with E-state index < -0.39 is 47.4 Å². The first-order valence-electron chi connectivity index (χ1n) is 16.2. The van der Waals surface area contributed by atoms with Crippen LogP contribution in [0.1, 0.15) is 71.4 Å². The van der Waals surface area contributed by atoms with Gasteiger partial charge in [-0.05, 0) is 79.9 Å². The average molecular weight is 637 g/mol. The van der Waals surface area contributed by atoms with Crippen LogP contribution in [0.2, 0.25) is 0 Å². The second-order valence-corrected chi connectivity index (χ2v) is 13.8. The number of fused-ring (bicyclic) bond motifs is 2. The van der Waals surface area contributed by atoms with Gasteiger partial charge in [0.2, 0.25) is 11.8 Å². The number of likely N-dealkylation sites (tertiary alicyclic amines) is 1. The number of esters is 1. The normalized spacial score (nSPS) is 26.1. The van der Waals surface area contributed by atoms with Gasteiger partial charge in [-0.2, -0.15) is 0 Å². The Labute approximate surface area is 269 Å². The van der Waals surface area contributed by atoms with Crippen LogP contribution in [-0.2, 0) is 19.1 Å². The molecule has 1 aromatic carbocycles. The van der Waals surface area contributed by atoms with Crippen LogP contribution in [0.4, 0.5) is 9.18 Å². The first-order chi connectivity index (χ1) is 21.9. The smallest absolute Gasteiger partial charge is 0.408 e. The van der Waals surface area contributed by atoms with E-state index >= 15 is 0 Å². The fourth-order valence-electron chi connectivity index (χ4n) is 7.23. The molecule has 3 aliphatic rings. The lowest BCUT2D eigenvalue weighted by Crippen LogP contribution is -2.57. The summed E-state index contributed by atoms with van der Waals surface area (Å²) >= 11 is 0. The van der Waals surface area contributed by atoms with Crippen molar-refractivity contribution in [1.29, 1.82) is 0 Å². The minimum absolute atomic E-state index is 0.0265. The predicted octanol–water partition coefficient (Wildman–Crippen LogP) is 5.85. The van der Waals surface area contributed by atoms with Crippen molar-refractivity contribution in [1.82, 2.24) is 20.2 Å². The lowest BCUT2D eigenvalue weighted by Gasteiger charge is -2.35. The van der Waals surface area contributed by atoms with Crippen molar-refractivity contribution in [3.05, 3.63) is 48.9 Å². The third kappa shape index (κ3) is 7.03. The predicted molar refractivity (Wildman–Crippen MR) is 171 cm³/mol. The molecule has 1 N–H and O–H groups in total. The molecular formula is C35H45FN4O6. The second-order valence-electron chi connectivity index (χ2n) is 13.8. The third-order valence-electron chi connectivity index (χ3n) is 9.73. The number of hydrogen-bond acceptors (Lipinski definition) is 8. The zero-order valence-corrected chi connectivity index (χ0v) is 27.2. The molecule has 10 nitrogen and oxygen atoms in total. The first-order valence-corrected chi connectivity index (χ1v) is 16.2. The molecule has 1 aromatic heterocycles. The molecule has 11 heteroatoms. The van der Waals surface area contributed by atoms with Crippen molar-refractivity contribution in [2.45, 2.75) is 90.0 Å². The molecule has 2 saturated carbocycles. The molecule has 7 unspecified atom stereocenters. The number of nitrogens with zero attached hydrogens (tertiary/aromatic N) is 3. The number of alkyl carbamates (subject to hydrolysis) is 1. The van der Waals surface area contributed by atoms with Crippen LogP contribution in [0.3, 0.4) is 0 Å². The highest BCUT2D eigenvalue weighted by Crippen LogP contribution is 2.53. The molecule has 1 aliphatic heterocycles. The van der Waals surface area contributed by atoms with Gasteiger partial charge >= 0.3 is 12.1 Å². The number of nitrogens with one attached hydrogen (secondary N) is 1. The molecule has 0 bridgehead atoms. The molecule has 248 valence electrons. The SMILES string of the molecule is C=CCCCC1C(OC(=O)NC(C(=O)N2CC(Oc3nc4cc(F)ccc4nc3C=C)CC2C(=O)OC)C(C)(C)C)CC2CCC21. The molecule has 7 atom stereocenters. The summed E-state index contributed by atoms with van der Waals surface area (Å²) in [4.78, 5) is 50.8. The summed E-state index contributed by atoms with van der Waals surface area (Å²) < 4.78 is 31.2. The molecule has 3 fully saturated rings. The Morgan fingerprint density at radius 1 is 1.15 bits per heavy atom. The van der Waals surface area contributed by atoms with Gasteiger partial charge < -0.3 is 24.4 Å². The zero-order valence-electron chi connectivity index (χ0n) is 27.2. The lowest BCUT2D eigenvalue weighted by molar-refractivity contribution is -0.152. The van der Waals surface area contributed by atoms with Crippen LogP contribution in [0, 0.1) is 29.0 Å². The number of benzene rings is 1. The van der Waals surface area contributed by atoms with E-state index in [4.69, 9.17) is 14.2 Å². The Morgan fingerprint density at radius 2 is 1.93 bits per heavy atom. The van der Waals surface area contributed by atoms with Crippen molar-refractivity contribution >= 4 is 35.1 Å². The summed E-state index contributed by atoms with van der Waals surface area (Å²) in [5.41, 5.74) is 0.402. The summed E-state index contributed by atoms with van der Waals surface area (Å²) in [6.45, 7) is 13.2. The second kappa shape index (κ2) is 13.8. The Morgan fingerprint density at radius 3 is 2.59 bits per heavy atom. The van der Waals surface area contributed by atoms with Crippen LogP contribution in [0.15, 0.2) is 37.4 Å². The number of amides is 2. The molecule has 2 aromatic rings. The highest BCUT2D eigenvalue weighted by atomic mass is 19.1. The molecule has 2 aliphatic carbocycles. The molecule has 0 spiro atoms. The largest absolute Gasteiger partial charge is 0.471 e. The standard InChI is InChI=1S/C35H45FN4O6/c1-7-9-10-11-24-23-14-12-20(23)16-29(24)46-34(43)39-30(35(3,4)5)32(41)40-19-22(18-28(40)33(42)44-6)45-31-25(8-2)37-26-15-13-21(36)17-27(26)38-31/h7-8,13,15,17,20,22-24,28-30H,1-2,9-12,14,16,18-19H2,3-6H3,(H,39,43). The van der Waals surface area contributed by atoms with Crippen LogP contribution in [0.5, 0.6) is 5.88 Å². The number of carbonyl (C=O) groups excluding carboxylic acids is 3. The molecule has 2 heterocycles. The third-order valence-corrected chi connectivity index (χ3v) is 9.73. The monoisotopic (exact) mass is 636 g/mol. The Bertz CT molecular complexity index is 1490. The average Bonchev–Trinajstić information content (AvgIpc) is 3.52. The van der Waals surface area contributed by atoms with Gasteiger partial charge in [0.25, 0.3) is 0 Å². The van der Waals surface area contributed by atoms with E-state index in [1.54, 1.807) is 0 Å². The van der Waals surface area contributed by atoms with Gasteiger partial charge in [-0.1, -0.05) is 33.4 Å². The minimum Gasteiger partial charge on any atom is -0.471 e. The number of methoxy groups -OCH3 is 1. The van der Waals surface area contributed by atoms with E-state index in [0.29, 0.717) is 34.5 Å². The summed E-state index contributed by atoms with van der Waals surface area (Å²) in [5, 5.41) is 2.85. The zero-order chi connectivity index (χ0) is 33.2. The number of rotatable bonds is 11. The molecular weight excluding hydrogens is 591 g/mol. The minimum atomic E-state index is -0.990. The number of allylic oxidation sites excluding steroid dienone is 1. The van der Waals surface area contributed by atoms with Crippen LogP contribution in [0.25, 0.3) is 17.1 Å². The highest BCUT2D eigenvalue weighted by Gasteiger charge is 2.50. The van der Waals surface area contributed by atoms with Crippen molar-refractivity contribution < 1.29 is 33.0 Å². The molecule has 0 radical (unpaired) electrons. The van der Waals surface area contributed by atoms with E-state index in [9.17, 15) is 18.8 Å². The van der Waals surface area contributed by atoms with E-state index in [-0.39, 0.29) is 24.9 Å². The summed E-state index contributed by atoms with van der Waals surface area (Å²) in [5.74, 6) is 0.0663. The quantitative estimate of drug-likeness (QED) is 0.186. The van der Waals surface area contributed by atoms with Crippen molar-refractivity contribution in [2.75, 3.05) is 13.7 Å². The summed E-state index contributed by atoms with van der Waals surface area (Å²) in [6.07, 6.45) is 8.11. The van der Waals surface area contributed by atoms with Gasteiger partial charge in [0.1, 0.15) is 35.8 Å². The van der Waals surface area contributed by atoms with Crippen molar-refractivity contribution in [2.24, 2.45) is 23.2 Å². The molecule has 1 saturated heterocycles. The van der Waals surface area contributed by atoms with Gasteiger partial charge in [-0.15, -0.1) is 6.58 Å². The maximum absolute atomic E-state index is 14.2. The Kier molecular flexibility index (Phi) is 9.98. The number of halogens is 1. The van der Waals surface area contributed by atoms with E-state index in [1.807, 2.05) is 26.8 Å². The highest BCUT2D eigenvalue weighted by molar-refractivity contribution is 5.91. The van der Waals surface area contributed by atoms with Gasteiger partial charge in [0, 0.05) is 12.5 Å². The molecule has 5 rings (SSSR count). The molecule has 46 heavy (non-hydrogen) atoms. The maximum atomic E-state index is 14.2. The fraction of sp³-hybridized carbons (Fsp3) is 0.571. The van der Waals surface area contributed by atoms with Crippen LogP contribution >= 0.6 is 0 Å². The van der Waals surface area contributed by atoms with E-state index in [2.05, 4.69) is 28.4 Å². The summed E-state index contributed by atoms with van der Waals surface area (Å²) in [7, 11) is 1.26. The maximum Gasteiger partial charge on any atom is 0.408 e. The van der Waals surface area contributed by atoms with Gasteiger partial charge in [-0.3, -0.25) is 4.79 Å². The Balaban J connectivity index is 1.31. The first kappa shape index (κ1) is 33.3. The van der Waals surface area contributed by atoms with Crippen molar-refractivity contribution in [3.8, 4) is 5.88 Å². The number of ether oxygens (including phenoxy) is 3. The topological polar surface area (TPSA) is 120 Å². The van der Waals surface area contributed by atoms with Gasteiger partial charge in [-0.25, -0.2) is 23.9 Å². The number of carbonyl (C=O) groups is 3. The van der Waals surface area contributed by atoms with Crippen molar-refractivity contribution in [3.63, 3.8) is 0 Å². The number of unbranched alkanes of at least 4 members (excludes halogenated alkanes) is 1. The molecule has 2 amide bonds. The Hall–Kier alpha value is -4.02. The van der Waals surface area contributed by atoms with Gasteiger partial charge in [0.15, 0.2) is 0 Å². The van der Waals surface area contributed by atoms with E-state index in [0.717, 1.165) is 38.5 Å². The fourth-order valence-corrected chi connectivity index (χ4v) is 7.23. The van der Waals surface area contributed by atoms with E-state index in [1.165, 1.54) is 36.3 Å². The van der Waals surface area contributed by atoms with Crippen LogP contribution < -0.4 is 10.1 Å². The lowest BCUT2D eigenvalue weighted by atomic mass is 9.71. The number of aromatic nitrogens is 2. The van der Waals surface area contributed by atoms with Crippen LogP contribution in [-0.4, -0.2) is 70.8 Å². The van der Waals surface area contributed by atoms with Gasteiger partial charge in [0.05, 0.1) is 24.7 Å². The number of hydrogen-bond donors (Lipinski definition) is 1. The summed E-state index contributed by atoms with van der Waals surface area (Å²) in [6, 6.07) is 2.12.